The van der Waals surface area contributed by atoms with Crippen LogP contribution in [0.2, 0.25) is 0 Å². The van der Waals surface area contributed by atoms with Crippen LogP contribution in [0.3, 0.4) is 0 Å². The fourth-order valence-corrected chi connectivity index (χ4v) is 3.37. The van der Waals surface area contributed by atoms with Gasteiger partial charge in [0, 0.05) is 30.0 Å². The minimum Gasteiger partial charge on any atom is -0.384 e. The third-order valence-electron chi connectivity index (χ3n) is 4.12. The Morgan fingerprint density at radius 2 is 1.72 bits per heavy atom. The molecule has 0 spiro atoms. The SMILES string of the molecule is Cc1ccc(C(C)(C)CNc2ccc([N+](=O)[O-])c(S(C)(=O)=O)c2)cc1. The second kappa shape index (κ2) is 6.84. The van der Waals surface area contributed by atoms with Gasteiger partial charge in [0.1, 0.15) is 4.90 Å². The van der Waals surface area contributed by atoms with Crippen molar-refractivity contribution in [3.63, 3.8) is 0 Å². The molecule has 25 heavy (non-hydrogen) atoms. The minimum absolute atomic E-state index is 0.194. The Morgan fingerprint density at radius 3 is 2.24 bits per heavy atom. The highest BCUT2D eigenvalue weighted by atomic mass is 32.2. The van der Waals surface area contributed by atoms with E-state index < -0.39 is 20.4 Å². The second-order valence-corrected chi connectivity index (χ2v) is 8.80. The molecule has 2 aromatic carbocycles. The Kier molecular flexibility index (Phi) is 5.17. The van der Waals surface area contributed by atoms with Gasteiger partial charge in [-0.25, -0.2) is 8.42 Å². The molecule has 0 unspecified atom stereocenters. The van der Waals surface area contributed by atoms with Crippen LogP contribution >= 0.6 is 0 Å². The fraction of sp³-hybridized carbons (Fsp3) is 0.333. The highest BCUT2D eigenvalue weighted by Crippen LogP contribution is 2.29. The van der Waals surface area contributed by atoms with Crippen LogP contribution in [0, 0.1) is 17.0 Å². The maximum atomic E-state index is 11.8. The Hall–Kier alpha value is -2.41. The first-order valence-electron chi connectivity index (χ1n) is 7.80. The van der Waals surface area contributed by atoms with E-state index in [-0.39, 0.29) is 10.3 Å². The zero-order valence-electron chi connectivity index (χ0n) is 14.7. The van der Waals surface area contributed by atoms with Crippen LogP contribution in [0.1, 0.15) is 25.0 Å². The number of nitro benzene ring substituents is 1. The number of hydrogen-bond donors (Lipinski definition) is 1. The predicted octanol–water partition coefficient (Wildman–Crippen LogP) is 3.70. The quantitative estimate of drug-likeness (QED) is 0.625. The summed E-state index contributed by atoms with van der Waals surface area (Å²) in [4.78, 5) is 10.1. The highest BCUT2D eigenvalue weighted by Gasteiger charge is 2.24. The van der Waals surface area contributed by atoms with Crippen molar-refractivity contribution in [2.24, 2.45) is 0 Å². The molecule has 2 rings (SSSR count). The zero-order chi connectivity index (χ0) is 18.8. The first-order chi connectivity index (χ1) is 11.5. The highest BCUT2D eigenvalue weighted by molar-refractivity contribution is 7.90. The van der Waals surface area contributed by atoms with Gasteiger partial charge in [0.2, 0.25) is 0 Å². The van der Waals surface area contributed by atoms with E-state index in [2.05, 4.69) is 31.3 Å². The summed E-state index contributed by atoms with van der Waals surface area (Å²) in [5.41, 5.74) is 2.26. The van der Waals surface area contributed by atoms with Gasteiger partial charge in [-0.1, -0.05) is 43.7 Å². The molecule has 7 heteroatoms. The molecular formula is C18H22N2O4S. The fourth-order valence-electron chi connectivity index (χ4n) is 2.50. The van der Waals surface area contributed by atoms with Crippen LogP contribution < -0.4 is 5.32 Å². The van der Waals surface area contributed by atoms with E-state index in [0.29, 0.717) is 12.2 Å². The number of nitrogens with zero attached hydrogens (tertiary/aromatic N) is 1. The van der Waals surface area contributed by atoms with Crippen molar-refractivity contribution in [2.75, 3.05) is 18.1 Å². The van der Waals surface area contributed by atoms with Gasteiger partial charge in [0.25, 0.3) is 5.69 Å². The number of hydrogen-bond acceptors (Lipinski definition) is 5. The van der Waals surface area contributed by atoms with E-state index in [1.807, 2.05) is 19.1 Å². The predicted molar refractivity (Wildman–Crippen MR) is 98.9 cm³/mol. The van der Waals surface area contributed by atoms with E-state index in [1.165, 1.54) is 23.8 Å². The van der Waals surface area contributed by atoms with Gasteiger partial charge in [0.05, 0.1) is 4.92 Å². The minimum atomic E-state index is -3.69. The summed E-state index contributed by atoms with van der Waals surface area (Å²) < 4.78 is 23.7. The van der Waals surface area contributed by atoms with E-state index in [9.17, 15) is 18.5 Å². The maximum absolute atomic E-state index is 11.8. The monoisotopic (exact) mass is 362 g/mol. The molecule has 134 valence electrons. The van der Waals surface area contributed by atoms with Gasteiger partial charge in [-0.3, -0.25) is 10.1 Å². The molecule has 0 aliphatic carbocycles. The second-order valence-electron chi connectivity index (χ2n) is 6.82. The molecule has 6 nitrogen and oxygen atoms in total. The number of sulfone groups is 1. The maximum Gasteiger partial charge on any atom is 0.288 e. The van der Waals surface area contributed by atoms with Crippen molar-refractivity contribution in [1.29, 1.82) is 0 Å². The van der Waals surface area contributed by atoms with Crippen molar-refractivity contribution in [1.82, 2.24) is 0 Å². The first-order valence-corrected chi connectivity index (χ1v) is 9.69. The molecular weight excluding hydrogens is 340 g/mol. The standard InChI is InChI=1S/C18H22N2O4S/c1-13-5-7-14(8-6-13)18(2,3)12-19-15-9-10-16(20(21)22)17(11-15)25(4,23)24/h5-11,19H,12H2,1-4H3. The summed E-state index contributed by atoms with van der Waals surface area (Å²) in [5.74, 6) is 0. The Balaban J connectivity index is 2.26. The molecule has 0 saturated carbocycles. The number of aryl methyl sites for hydroxylation is 1. The molecule has 0 radical (unpaired) electrons. The lowest BCUT2D eigenvalue weighted by Gasteiger charge is -2.26. The summed E-state index contributed by atoms with van der Waals surface area (Å²) >= 11 is 0. The summed E-state index contributed by atoms with van der Waals surface area (Å²) in [7, 11) is -3.69. The molecule has 0 aliphatic rings. The van der Waals surface area contributed by atoms with Crippen LogP contribution in [0.25, 0.3) is 0 Å². The number of nitro groups is 1. The summed E-state index contributed by atoms with van der Waals surface area (Å²) in [6.45, 7) is 6.73. The lowest BCUT2D eigenvalue weighted by atomic mass is 9.84. The molecule has 0 atom stereocenters. The van der Waals surface area contributed by atoms with E-state index in [0.717, 1.165) is 11.8 Å². The van der Waals surface area contributed by atoms with Crippen molar-refractivity contribution in [3.8, 4) is 0 Å². The van der Waals surface area contributed by atoms with Gasteiger partial charge < -0.3 is 5.32 Å². The summed E-state index contributed by atoms with van der Waals surface area (Å²) in [5, 5.41) is 14.2. The number of rotatable bonds is 6. The van der Waals surface area contributed by atoms with Crippen molar-refractivity contribution < 1.29 is 13.3 Å². The Morgan fingerprint density at radius 1 is 1.12 bits per heavy atom. The molecule has 0 heterocycles. The van der Waals surface area contributed by atoms with Gasteiger partial charge in [-0.05, 0) is 24.6 Å². The zero-order valence-corrected chi connectivity index (χ0v) is 15.6. The molecule has 0 saturated heterocycles. The van der Waals surface area contributed by atoms with Crippen molar-refractivity contribution in [3.05, 3.63) is 63.7 Å². The number of nitrogens with one attached hydrogen (secondary N) is 1. The van der Waals surface area contributed by atoms with Crippen LogP contribution in [0.5, 0.6) is 0 Å². The van der Waals surface area contributed by atoms with Crippen LogP contribution in [0.4, 0.5) is 11.4 Å². The Bertz CT molecular complexity index is 888. The molecule has 2 aromatic rings. The number of benzene rings is 2. The summed E-state index contributed by atoms with van der Waals surface area (Å²) in [6.07, 6.45) is 0.968. The average molecular weight is 362 g/mol. The molecule has 0 aliphatic heterocycles. The molecule has 1 N–H and O–H groups in total. The van der Waals surface area contributed by atoms with E-state index >= 15 is 0 Å². The average Bonchev–Trinajstić information content (AvgIpc) is 2.52. The third kappa shape index (κ3) is 4.57. The normalized spacial score (nSPS) is 12.0. The van der Waals surface area contributed by atoms with Gasteiger partial charge in [0.15, 0.2) is 9.84 Å². The van der Waals surface area contributed by atoms with Gasteiger partial charge in [-0.2, -0.15) is 0 Å². The third-order valence-corrected chi connectivity index (χ3v) is 5.25. The van der Waals surface area contributed by atoms with Crippen LogP contribution in [-0.2, 0) is 15.3 Å². The van der Waals surface area contributed by atoms with Crippen LogP contribution in [-0.4, -0.2) is 26.1 Å². The molecule has 0 fully saturated rings. The molecule has 0 aromatic heterocycles. The number of anilines is 1. The van der Waals surface area contributed by atoms with Crippen LogP contribution in [0.15, 0.2) is 47.4 Å². The lowest BCUT2D eigenvalue weighted by molar-refractivity contribution is -0.387. The first kappa shape index (κ1) is 18.9. The molecule has 0 amide bonds. The molecule has 0 bridgehead atoms. The topological polar surface area (TPSA) is 89.3 Å². The smallest absolute Gasteiger partial charge is 0.288 e. The summed E-state index contributed by atoms with van der Waals surface area (Å²) in [6, 6.07) is 12.3. The van der Waals surface area contributed by atoms with Gasteiger partial charge >= 0.3 is 0 Å². The lowest BCUT2D eigenvalue weighted by Crippen LogP contribution is -2.27. The van der Waals surface area contributed by atoms with Crippen molar-refractivity contribution in [2.45, 2.75) is 31.1 Å². The van der Waals surface area contributed by atoms with E-state index in [1.54, 1.807) is 0 Å². The largest absolute Gasteiger partial charge is 0.384 e. The van der Waals surface area contributed by atoms with E-state index in [4.69, 9.17) is 0 Å². The van der Waals surface area contributed by atoms with Gasteiger partial charge in [-0.15, -0.1) is 0 Å². The van der Waals surface area contributed by atoms with Crippen molar-refractivity contribution >= 4 is 21.2 Å². The Labute approximate surface area is 148 Å².